The molecule has 2 rings (SSSR count). The standard InChI is InChI=1S/C13H16S2/c1-4-10(5-2)7-11-8-13-12(15-11)6-9(3)14-13/h4,6,8H,5,7H2,1-3H3/b10-4+. The van der Waals surface area contributed by atoms with Gasteiger partial charge in [-0.1, -0.05) is 18.6 Å². The molecule has 2 heterocycles. The zero-order chi connectivity index (χ0) is 10.8. The maximum Gasteiger partial charge on any atom is 0.0456 e. The summed E-state index contributed by atoms with van der Waals surface area (Å²) in [6.07, 6.45) is 4.55. The first-order valence-corrected chi connectivity index (χ1v) is 6.99. The summed E-state index contributed by atoms with van der Waals surface area (Å²) in [5, 5.41) is 0. The number of aryl methyl sites for hydroxylation is 1. The van der Waals surface area contributed by atoms with E-state index in [9.17, 15) is 0 Å². The highest BCUT2D eigenvalue weighted by Crippen LogP contribution is 2.33. The van der Waals surface area contributed by atoms with Gasteiger partial charge in [0, 0.05) is 25.6 Å². The molecule has 0 aromatic carbocycles. The highest BCUT2D eigenvalue weighted by Gasteiger charge is 2.05. The summed E-state index contributed by atoms with van der Waals surface area (Å²) in [4.78, 5) is 2.93. The molecule has 2 heteroatoms. The van der Waals surface area contributed by atoms with Crippen LogP contribution in [0, 0.1) is 6.92 Å². The number of allylic oxidation sites excluding steroid dienone is 2. The van der Waals surface area contributed by atoms with E-state index in [-0.39, 0.29) is 0 Å². The van der Waals surface area contributed by atoms with Crippen LogP contribution in [0.3, 0.4) is 0 Å². The monoisotopic (exact) mass is 236 g/mol. The van der Waals surface area contributed by atoms with E-state index in [0.717, 1.165) is 6.42 Å². The molecule has 0 atom stereocenters. The van der Waals surface area contributed by atoms with Gasteiger partial charge in [-0.05, 0) is 32.4 Å². The van der Waals surface area contributed by atoms with Crippen molar-refractivity contribution in [2.45, 2.75) is 33.6 Å². The first-order chi connectivity index (χ1) is 7.22. The predicted octanol–water partition coefficient (Wildman–Crippen LogP) is 5.17. The predicted molar refractivity (Wildman–Crippen MR) is 72.2 cm³/mol. The van der Waals surface area contributed by atoms with E-state index < -0.39 is 0 Å². The minimum absolute atomic E-state index is 1.14. The molecule has 0 saturated heterocycles. The van der Waals surface area contributed by atoms with E-state index in [1.54, 1.807) is 5.57 Å². The van der Waals surface area contributed by atoms with Crippen molar-refractivity contribution in [2.24, 2.45) is 0 Å². The Hall–Kier alpha value is -0.600. The van der Waals surface area contributed by atoms with Crippen LogP contribution in [0.4, 0.5) is 0 Å². The molecule has 0 aliphatic carbocycles. The van der Waals surface area contributed by atoms with Gasteiger partial charge in [0.2, 0.25) is 0 Å². The van der Waals surface area contributed by atoms with Gasteiger partial charge in [0.15, 0.2) is 0 Å². The summed E-state index contributed by atoms with van der Waals surface area (Å²) in [5.74, 6) is 0. The van der Waals surface area contributed by atoms with Crippen molar-refractivity contribution in [2.75, 3.05) is 0 Å². The molecule has 0 amide bonds. The molecule has 0 radical (unpaired) electrons. The molecule has 0 spiro atoms. The van der Waals surface area contributed by atoms with Gasteiger partial charge in [-0.3, -0.25) is 0 Å². The van der Waals surface area contributed by atoms with E-state index in [2.05, 4.69) is 39.0 Å². The molecule has 0 aliphatic rings. The highest BCUT2D eigenvalue weighted by atomic mass is 32.1. The Morgan fingerprint density at radius 1 is 1.27 bits per heavy atom. The average molecular weight is 236 g/mol. The third-order valence-corrected chi connectivity index (χ3v) is 4.85. The average Bonchev–Trinajstić information content (AvgIpc) is 2.70. The number of hydrogen-bond acceptors (Lipinski definition) is 2. The lowest BCUT2D eigenvalue weighted by Crippen LogP contribution is -1.84. The van der Waals surface area contributed by atoms with Crippen LogP contribution < -0.4 is 0 Å². The van der Waals surface area contributed by atoms with Gasteiger partial charge in [0.25, 0.3) is 0 Å². The van der Waals surface area contributed by atoms with Gasteiger partial charge < -0.3 is 0 Å². The molecule has 0 saturated carbocycles. The summed E-state index contributed by atoms with van der Waals surface area (Å²) in [6.45, 7) is 6.55. The summed E-state index contributed by atoms with van der Waals surface area (Å²) in [5.41, 5.74) is 1.54. The fourth-order valence-electron chi connectivity index (χ4n) is 1.75. The summed E-state index contributed by atoms with van der Waals surface area (Å²) < 4.78 is 2.91. The van der Waals surface area contributed by atoms with Crippen LogP contribution in [0.2, 0.25) is 0 Å². The second-order valence-electron chi connectivity index (χ2n) is 3.78. The molecule has 0 N–H and O–H groups in total. The Morgan fingerprint density at radius 2 is 2.00 bits per heavy atom. The molecular weight excluding hydrogens is 220 g/mol. The molecule has 0 nitrogen and oxygen atoms in total. The molecule has 15 heavy (non-hydrogen) atoms. The number of thiophene rings is 2. The molecule has 0 aliphatic heterocycles. The van der Waals surface area contributed by atoms with E-state index >= 15 is 0 Å². The lowest BCUT2D eigenvalue weighted by molar-refractivity contribution is 1.01. The third kappa shape index (κ3) is 2.32. The fourth-order valence-corrected chi connectivity index (χ4v) is 4.14. The SMILES string of the molecule is C/C=C(\CC)Cc1cc2sc(C)cc2s1. The Kier molecular flexibility index (Phi) is 3.27. The smallest absolute Gasteiger partial charge is 0.0456 e. The zero-order valence-electron chi connectivity index (χ0n) is 9.46. The van der Waals surface area contributed by atoms with Crippen LogP contribution in [0.25, 0.3) is 9.40 Å². The van der Waals surface area contributed by atoms with Crippen molar-refractivity contribution >= 4 is 32.1 Å². The molecule has 2 aromatic heterocycles. The number of fused-ring (bicyclic) bond motifs is 1. The van der Waals surface area contributed by atoms with Crippen LogP contribution in [0.15, 0.2) is 23.8 Å². The Morgan fingerprint density at radius 3 is 2.60 bits per heavy atom. The van der Waals surface area contributed by atoms with Gasteiger partial charge in [-0.15, -0.1) is 22.7 Å². The highest BCUT2D eigenvalue weighted by molar-refractivity contribution is 7.27. The van der Waals surface area contributed by atoms with Crippen molar-refractivity contribution in [3.8, 4) is 0 Å². The molecule has 0 fully saturated rings. The van der Waals surface area contributed by atoms with E-state index in [1.165, 1.54) is 25.6 Å². The van der Waals surface area contributed by atoms with Gasteiger partial charge in [-0.25, -0.2) is 0 Å². The molecular formula is C13H16S2. The maximum absolute atomic E-state index is 2.36. The normalized spacial score (nSPS) is 12.6. The topological polar surface area (TPSA) is 0 Å². The zero-order valence-corrected chi connectivity index (χ0v) is 11.1. The second kappa shape index (κ2) is 4.50. The Labute approximate surface area is 99.3 Å². The minimum atomic E-state index is 1.14. The van der Waals surface area contributed by atoms with Gasteiger partial charge >= 0.3 is 0 Å². The number of rotatable bonds is 3. The van der Waals surface area contributed by atoms with Crippen molar-refractivity contribution in [1.29, 1.82) is 0 Å². The van der Waals surface area contributed by atoms with Gasteiger partial charge in [0.1, 0.15) is 0 Å². The second-order valence-corrected chi connectivity index (χ2v) is 6.23. The van der Waals surface area contributed by atoms with Crippen molar-refractivity contribution in [3.63, 3.8) is 0 Å². The van der Waals surface area contributed by atoms with Crippen molar-refractivity contribution < 1.29 is 0 Å². The van der Waals surface area contributed by atoms with Crippen molar-refractivity contribution in [3.05, 3.63) is 33.5 Å². The third-order valence-electron chi connectivity index (χ3n) is 2.64. The lowest BCUT2D eigenvalue weighted by Gasteiger charge is -1.99. The molecule has 80 valence electrons. The molecule has 2 aromatic rings. The first-order valence-electron chi connectivity index (χ1n) is 5.35. The van der Waals surface area contributed by atoms with Crippen LogP contribution in [0.5, 0.6) is 0 Å². The Bertz CT molecular complexity index is 454. The number of hydrogen-bond donors (Lipinski definition) is 0. The molecule has 0 unspecified atom stereocenters. The summed E-state index contributed by atoms with van der Waals surface area (Å²) >= 11 is 3.85. The quantitative estimate of drug-likeness (QED) is 0.645. The van der Waals surface area contributed by atoms with Crippen molar-refractivity contribution in [1.82, 2.24) is 0 Å². The van der Waals surface area contributed by atoms with E-state index in [4.69, 9.17) is 0 Å². The van der Waals surface area contributed by atoms with Crippen LogP contribution >= 0.6 is 22.7 Å². The van der Waals surface area contributed by atoms with Crippen LogP contribution in [0.1, 0.15) is 30.0 Å². The largest absolute Gasteiger partial charge is 0.140 e. The summed E-state index contributed by atoms with van der Waals surface area (Å²) in [7, 11) is 0. The minimum Gasteiger partial charge on any atom is -0.140 e. The first kappa shape index (κ1) is 10.9. The molecule has 0 bridgehead atoms. The Balaban J connectivity index is 2.26. The van der Waals surface area contributed by atoms with Crippen LogP contribution in [-0.4, -0.2) is 0 Å². The summed E-state index contributed by atoms with van der Waals surface area (Å²) in [6, 6.07) is 4.66. The van der Waals surface area contributed by atoms with Crippen LogP contribution in [-0.2, 0) is 6.42 Å². The van der Waals surface area contributed by atoms with E-state index in [1.807, 2.05) is 22.7 Å². The maximum atomic E-state index is 2.36. The van der Waals surface area contributed by atoms with E-state index in [0.29, 0.717) is 0 Å². The van der Waals surface area contributed by atoms with Gasteiger partial charge in [-0.2, -0.15) is 0 Å². The lowest BCUT2D eigenvalue weighted by atomic mass is 10.1. The van der Waals surface area contributed by atoms with Gasteiger partial charge in [0.05, 0.1) is 0 Å². The fraction of sp³-hybridized carbons (Fsp3) is 0.385.